The molecule has 2 fully saturated rings. The van der Waals surface area contributed by atoms with Gasteiger partial charge in [0.2, 0.25) is 5.89 Å². The monoisotopic (exact) mass is 293 g/mol. The van der Waals surface area contributed by atoms with Crippen LogP contribution in [-0.4, -0.2) is 40.2 Å². The summed E-state index contributed by atoms with van der Waals surface area (Å²) in [6.45, 7) is 5.51. The summed E-state index contributed by atoms with van der Waals surface area (Å²) in [4.78, 5) is 19.0. The molecule has 6 heteroatoms. The fourth-order valence-electron chi connectivity index (χ4n) is 3.03. The molecule has 21 heavy (non-hydrogen) atoms. The molecule has 0 aliphatic carbocycles. The molecule has 116 valence electrons. The Bertz CT molecular complexity index is 494. The molecule has 0 spiro atoms. The Labute approximate surface area is 124 Å². The lowest BCUT2D eigenvalue weighted by Crippen LogP contribution is -2.44. The van der Waals surface area contributed by atoms with Gasteiger partial charge in [-0.3, -0.25) is 4.79 Å². The van der Waals surface area contributed by atoms with Gasteiger partial charge < -0.3 is 14.2 Å². The molecule has 2 unspecified atom stereocenters. The second-order valence-corrected chi connectivity index (χ2v) is 6.19. The third-order valence-electron chi connectivity index (χ3n) is 4.25. The fourth-order valence-corrected chi connectivity index (χ4v) is 3.03. The first-order chi connectivity index (χ1) is 10.2. The molecule has 3 heterocycles. The van der Waals surface area contributed by atoms with Gasteiger partial charge >= 0.3 is 0 Å². The third-order valence-corrected chi connectivity index (χ3v) is 4.25. The highest BCUT2D eigenvalue weighted by Crippen LogP contribution is 2.32. The number of carbonyl (C=O) groups excluding carboxylic acids is 1. The number of rotatable bonds is 3. The van der Waals surface area contributed by atoms with Crippen molar-refractivity contribution < 1.29 is 14.1 Å². The molecular formula is C15H23N3O3. The number of carbonyl (C=O) groups is 1. The number of aromatic nitrogens is 2. The molecule has 3 rings (SSSR count). The second-order valence-electron chi connectivity index (χ2n) is 6.19. The van der Waals surface area contributed by atoms with E-state index in [2.05, 4.69) is 10.1 Å². The van der Waals surface area contributed by atoms with Crippen molar-refractivity contribution in [2.75, 3.05) is 13.2 Å². The van der Waals surface area contributed by atoms with Crippen LogP contribution in [0.3, 0.4) is 0 Å². The Kier molecular flexibility index (Phi) is 4.24. The molecular weight excluding hydrogens is 270 g/mol. The minimum atomic E-state index is -0.280. The summed E-state index contributed by atoms with van der Waals surface area (Å²) in [6.07, 6.45) is 4.51. The first kappa shape index (κ1) is 14.5. The highest BCUT2D eigenvalue weighted by atomic mass is 16.5. The Morgan fingerprint density at radius 3 is 2.81 bits per heavy atom. The maximum Gasteiger partial charge on any atom is 0.252 e. The lowest BCUT2D eigenvalue weighted by Gasteiger charge is -2.34. The molecule has 0 radical (unpaired) electrons. The molecule has 1 aromatic heterocycles. The van der Waals surface area contributed by atoms with E-state index in [9.17, 15) is 4.79 Å². The molecule has 1 amide bonds. The summed E-state index contributed by atoms with van der Waals surface area (Å²) in [7, 11) is 0. The van der Waals surface area contributed by atoms with Crippen LogP contribution in [0.15, 0.2) is 4.52 Å². The standard InChI is InChI=1S/C15H23N3O3/c1-10(2)13-16-14(21-17-13)11-6-3-4-8-18(11)15(19)12-7-5-9-20-12/h10-12H,3-9H2,1-2H3. The van der Waals surface area contributed by atoms with E-state index < -0.39 is 0 Å². The number of hydrogen-bond donors (Lipinski definition) is 0. The number of ether oxygens (including phenoxy) is 1. The molecule has 2 atom stereocenters. The van der Waals surface area contributed by atoms with Crippen LogP contribution in [-0.2, 0) is 9.53 Å². The minimum absolute atomic E-state index is 0.0847. The lowest BCUT2D eigenvalue weighted by molar-refractivity contribution is -0.145. The summed E-state index contributed by atoms with van der Waals surface area (Å²) in [5, 5.41) is 4.03. The zero-order valence-electron chi connectivity index (χ0n) is 12.7. The lowest BCUT2D eigenvalue weighted by atomic mass is 10.0. The summed E-state index contributed by atoms with van der Waals surface area (Å²) in [6, 6.07) is -0.0875. The molecule has 0 N–H and O–H groups in total. The molecule has 2 aliphatic heterocycles. The molecule has 0 bridgehead atoms. The first-order valence-electron chi connectivity index (χ1n) is 7.92. The quantitative estimate of drug-likeness (QED) is 0.856. The van der Waals surface area contributed by atoms with Gasteiger partial charge in [0, 0.05) is 19.1 Å². The number of hydrogen-bond acceptors (Lipinski definition) is 5. The number of likely N-dealkylation sites (tertiary alicyclic amines) is 1. The predicted molar refractivity (Wildman–Crippen MR) is 75.7 cm³/mol. The van der Waals surface area contributed by atoms with Crippen LogP contribution in [0.1, 0.15) is 69.6 Å². The number of amides is 1. The van der Waals surface area contributed by atoms with E-state index in [-0.39, 0.29) is 24.0 Å². The van der Waals surface area contributed by atoms with Gasteiger partial charge in [-0.2, -0.15) is 4.98 Å². The maximum absolute atomic E-state index is 12.6. The van der Waals surface area contributed by atoms with E-state index in [1.54, 1.807) is 0 Å². The van der Waals surface area contributed by atoms with Crippen LogP contribution in [0, 0.1) is 0 Å². The van der Waals surface area contributed by atoms with Crippen molar-refractivity contribution in [2.45, 2.75) is 64.0 Å². The Hall–Kier alpha value is -1.43. The van der Waals surface area contributed by atoms with E-state index >= 15 is 0 Å². The molecule has 1 aromatic rings. The summed E-state index contributed by atoms with van der Waals surface area (Å²) >= 11 is 0. The average Bonchev–Trinajstić information content (AvgIpc) is 3.18. The van der Waals surface area contributed by atoms with Crippen molar-refractivity contribution in [3.63, 3.8) is 0 Å². The van der Waals surface area contributed by atoms with Crippen LogP contribution >= 0.6 is 0 Å². The van der Waals surface area contributed by atoms with Gasteiger partial charge in [-0.05, 0) is 32.1 Å². The van der Waals surface area contributed by atoms with Crippen molar-refractivity contribution in [2.24, 2.45) is 0 Å². The second kappa shape index (κ2) is 6.13. The van der Waals surface area contributed by atoms with Gasteiger partial charge in [0.25, 0.3) is 5.91 Å². The molecule has 6 nitrogen and oxygen atoms in total. The average molecular weight is 293 g/mol. The van der Waals surface area contributed by atoms with Gasteiger partial charge in [0.1, 0.15) is 12.1 Å². The molecule has 0 aromatic carbocycles. The largest absolute Gasteiger partial charge is 0.368 e. The summed E-state index contributed by atoms with van der Waals surface area (Å²) in [5.41, 5.74) is 0. The highest BCUT2D eigenvalue weighted by Gasteiger charge is 2.37. The number of piperidine rings is 1. The third kappa shape index (κ3) is 2.95. The van der Waals surface area contributed by atoms with Crippen LogP contribution in [0.4, 0.5) is 0 Å². The van der Waals surface area contributed by atoms with Gasteiger partial charge in [0.15, 0.2) is 5.82 Å². The zero-order valence-corrected chi connectivity index (χ0v) is 12.7. The minimum Gasteiger partial charge on any atom is -0.368 e. The van der Waals surface area contributed by atoms with E-state index in [0.29, 0.717) is 18.3 Å². The van der Waals surface area contributed by atoms with Gasteiger partial charge in [0.05, 0.1) is 0 Å². The van der Waals surface area contributed by atoms with Crippen molar-refractivity contribution >= 4 is 5.91 Å². The fraction of sp³-hybridized carbons (Fsp3) is 0.800. The van der Waals surface area contributed by atoms with E-state index in [4.69, 9.17) is 9.26 Å². The molecule has 2 saturated heterocycles. The topological polar surface area (TPSA) is 68.5 Å². The first-order valence-corrected chi connectivity index (χ1v) is 7.92. The van der Waals surface area contributed by atoms with E-state index in [1.807, 2.05) is 18.7 Å². The molecule has 0 saturated carbocycles. The Morgan fingerprint density at radius 2 is 2.14 bits per heavy atom. The van der Waals surface area contributed by atoms with Crippen LogP contribution in [0.25, 0.3) is 0 Å². The Balaban J connectivity index is 1.78. The van der Waals surface area contributed by atoms with Crippen LogP contribution in [0.5, 0.6) is 0 Å². The van der Waals surface area contributed by atoms with Crippen molar-refractivity contribution in [1.82, 2.24) is 15.0 Å². The molecule has 2 aliphatic rings. The van der Waals surface area contributed by atoms with Crippen molar-refractivity contribution in [3.05, 3.63) is 11.7 Å². The van der Waals surface area contributed by atoms with Crippen molar-refractivity contribution in [3.8, 4) is 0 Å². The normalized spacial score (nSPS) is 26.5. The SMILES string of the molecule is CC(C)c1noc(C2CCCCN2C(=O)C2CCCO2)n1. The van der Waals surface area contributed by atoms with Crippen LogP contribution in [0.2, 0.25) is 0 Å². The maximum atomic E-state index is 12.6. The van der Waals surface area contributed by atoms with Gasteiger partial charge in [-0.1, -0.05) is 19.0 Å². The Morgan fingerprint density at radius 1 is 1.29 bits per heavy atom. The zero-order chi connectivity index (χ0) is 14.8. The van der Waals surface area contributed by atoms with Crippen molar-refractivity contribution in [1.29, 1.82) is 0 Å². The van der Waals surface area contributed by atoms with Crippen LogP contribution < -0.4 is 0 Å². The predicted octanol–water partition coefficient (Wildman–Crippen LogP) is 2.43. The summed E-state index contributed by atoms with van der Waals surface area (Å²) < 4.78 is 11.0. The van der Waals surface area contributed by atoms with Gasteiger partial charge in [-0.25, -0.2) is 0 Å². The highest BCUT2D eigenvalue weighted by molar-refractivity contribution is 5.81. The van der Waals surface area contributed by atoms with E-state index in [0.717, 1.165) is 38.6 Å². The number of nitrogens with zero attached hydrogens (tertiary/aromatic N) is 3. The summed E-state index contributed by atoms with van der Waals surface area (Å²) in [5.74, 6) is 1.60. The van der Waals surface area contributed by atoms with E-state index in [1.165, 1.54) is 0 Å². The smallest absolute Gasteiger partial charge is 0.252 e. The van der Waals surface area contributed by atoms with Gasteiger partial charge in [-0.15, -0.1) is 0 Å².